The maximum Gasteiger partial charge on any atom is 0.234 e. The van der Waals surface area contributed by atoms with E-state index in [1.165, 1.54) is 0 Å². The van der Waals surface area contributed by atoms with Crippen molar-refractivity contribution in [3.05, 3.63) is 30.2 Å². The second-order valence-electron chi connectivity index (χ2n) is 5.17. The number of nitrogens with two attached hydrogens (primary N) is 1. The van der Waals surface area contributed by atoms with Gasteiger partial charge in [0.1, 0.15) is 5.75 Å². The van der Waals surface area contributed by atoms with Gasteiger partial charge in [-0.2, -0.15) is 4.98 Å². The Morgan fingerprint density at radius 3 is 2.79 bits per heavy atom. The van der Waals surface area contributed by atoms with Gasteiger partial charge in [0.05, 0.1) is 5.41 Å². The fraction of sp³-hybridized carbons (Fsp3) is 0.429. The Hall–Kier alpha value is -1.88. The summed E-state index contributed by atoms with van der Waals surface area (Å²) in [5.74, 6) is 1.33. The first kappa shape index (κ1) is 12.2. The second kappa shape index (κ2) is 4.66. The van der Waals surface area contributed by atoms with Crippen molar-refractivity contribution in [1.29, 1.82) is 0 Å². The standard InChI is InChI=1S/C14H17N3O2/c15-9-14(6-1-2-7-14)13-16-12(17-19-13)10-4-3-5-11(18)8-10/h3-5,8,18H,1-2,6-7,9,15H2. The van der Waals surface area contributed by atoms with Crippen molar-refractivity contribution >= 4 is 0 Å². The summed E-state index contributed by atoms with van der Waals surface area (Å²) in [7, 11) is 0. The average Bonchev–Trinajstić information content (AvgIpc) is 3.08. The minimum Gasteiger partial charge on any atom is -0.508 e. The molecule has 0 saturated heterocycles. The molecule has 1 aliphatic rings. The third kappa shape index (κ3) is 2.10. The lowest BCUT2D eigenvalue weighted by molar-refractivity contribution is 0.284. The van der Waals surface area contributed by atoms with Crippen LogP contribution in [0.1, 0.15) is 31.6 Å². The molecule has 0 amide bonds. The Morgan fingerprint density at radius 1 is 1.32 bits per heavy atom. The van der Waals surface area contributed by atoms with Crippen LogP contribution in [0.3, 0.4) is 0 Å². The zero-order chi connectivity index (χ0) is 13.3. The number of hydrogen-bond donors (Lipinski definition) is 2. The van der Waals surface area contributed by atoms with Crippen LogP contribution in [0.25, 0.3) is 11.4 Å². The van der Waals surface area contributed by atoms with Crippen LogP contribution in [-0.4, -0.2) is 21.8 Å². The van der Waals surface area contributed by atoms with Crippen LogP contribution in [0.4, 0.5) is 0 Å². The Bertz CT molecular complexity index is 574. The molecule has 0 spiro atoms. The van der Waals surface area contributed by atoms with E-state index in [-0.39, 0.29) is 11.2 Å². The largest absolute Gasteiger partial charge is 0.508 e. The molecule has 1 fully saturated rings. The lowest BCUT2D eigenvalue weighted by Gasteiger charge is -2.21. The molecule has 5 nitrogen and oxygen atoms in total. The van der Waals surface area contributed by atoms with Crippen molar-refractivity contribution in [3.63, 3.8) is 0 Å². The van der Waals surface area contributed by atoms with Crippen molar-refractivity contribution in [2.75, 3.05) is 6.54 Å². The van der Waals surface area contributed by atoms with E-state index in [0.29, 0.717) is 18.3 Å². The summed E-state index contributed by atoms with van der Waals surface area (Å²) >= 11 is 0. The molecule has 1 aromatic carbocycles. The number of hydrogen-bond acceptors (Lipinski definition) is 5. The molecule has 1 saturated carbocycles. The number of aromatic nitrogens is 2. The Kier molecular flexibility index (Phi) is 2.98. The third-order valence-corrected chi connectivity index (χ3v) is 3.94. The van der Waals surface area contributed by atoms with E-state index in [4.69, 9.17) is 10.3 Å². The van der Waals surface area contributed by atoms with Gasteiger partial charge < -0.3 is 15.4 Å². The molecule has 2 aromatic rings. The smallest absolute Gasteiger partial charge is 0.234 e. The van der Waals surface area contributed by atoms with E-state index in [0.717, 1.165) is 31.2 Å². The van der Waals surface area contributed by atoms with Gasteiger partial charge in [0.15, 0.2) is 0 Å². The minimum atomic E-state index is -0.151. The number of rotatable bonds is 3. The van der Waals surface area contributed by atoms with Gasteiger partial charge in [0, 0.05) is 12.1 Å². The maximum absolute atomic E-state index is 9.48. The van der Waals surface area contributed by atoms with Crippen LogP contribution in [-0.2, 0) is 5.41 Å². The van der Waals surface area contributed by atoms with Crippen molar-refractivity contribution in [2.45, 2.75) is 31.1 Å². The first-order valence-electron chi connectivity index (χ1n) is 6.57. The highest BCUT2D eigenvalue weighted by Crippen LogP contribution is 2.39. The molecule has 5 heteroatoms. The van der Waals surface area contributed by atoms with Gasteiger partial charge in [-0.25, -0.2) is 0 Å². The van der Waals surface area contributed by atoms with Crippen LogP contribution in [0, 0.1) is 0 Å². The van der Waals surface area contributed by atoms with Gasteiger partial charge in [-0.05, 0) is 25.0 Å². The number of phenols is 1. The second-order valence-corrected chi connectivity index (χ2v) is 5.17. The van der Waals surface area contributed by atoms with Crippen molar-refractivity contribution in [1.82, 2.24) is 10.1 Å². The predicted molar refractivity (Wildman–Crippen MR) is 70.6 cm³/mol. The Morgan fingerprint density at radius 2 is 2.11 bits per heavy atom. The van der Waals surface area contributed by atoms with Gasteiger partial charge in [0.25, 0.3) is 0 Å². The van der Waals surface area contributed by atoms with Crippen molar-refractivity contribution in [2.24, 2.45) is 5.73 Å². The van der Waals surface area contributed by atoms with E-state index >= 15 is 0 Å². The van der Waals surface area contributed by atoms with Crippen molar-refractivity contribution < 1.29 is 9.63 Å². The topological polar surface area (TPSA) is 85.2 Å². The first-order valence-corrected chi connectivity index (χ1v) is 6.57. The molecule has 100 valence electrons. The maximum atomic E-state index is 9.48. The van der Waals surface area contributed by atoms with Crippen LogP contribution in [0.5, 0.6) is 5.75 Å². The number of phenolic OH excluding ortho intramolecular Hbond substituents is 1. The molecule has 0 radical (unpaired) electrons. The molecule has 0 atom stereocenters. The normalized spacial score (nSPS) is 17.7. The van der Waals surface area contributed by atoms with E-state index in [1.807, 2.05) is 6.07 Å². The predicted octanol–water partition coefficient (Wildman–Crippen LogP) is 2.21. The molecular formula is C14H17N3O2. The highest BCUT2D eigenvalue weighted by molar-refractivity contribution is 5.56. The SMILES string of the molecule is NCC1(c2nc(-c3cccc(O)c3)no2)CCCC1. The molecule has 19 heavy (non-hydrogen) atoms. The minimum absolute atomic E-state index is 0.151. The molecule has 1 heterocycles. The van der Waals surface area contributed by atoms with Crippen LogP contribution < -0.4 is 5.73 Å². The summed E-state index contributed by atoms with van der Waals surface area (Å²) in [5.41, 5.74) is 6.50. The number of benzene rings is 1. The van der Waals surface area contributed by atoms with Gasteiger partial charge >= 0.3 is 0 Å². The van der Waals surface area contributed by atoms with E-state index < -0.39 is 0 Å². The first-order chi connectivity index (χ1) is 9.23. The number of nitrogens with zero attached hydrogens (tertiary/aromatic N) is 2. The average molecular weight is 259 g/mol. The zero-order valence-corrected chi connectivity index (χ0v) is 10.7. The van der Waals surface area contributed by atoms with Crippen molar-refractivity contribution in [3.8, 4) is 17.1 Å². The van der Waals surface area contributed by atoms with Crippen LogP contribution in [0.2, 0.25) is 0 Å². The van der Waals surface area contributed by atoms with Crippen LogP contribution >= 0.6 is 0 Å². The summed E-state index contributed by atoms with van der Waals surface area (Å²) in [6.45, 7) is 0.536. The van der Waals surface area contributed by atoms with E-state index in [9.17, 15) is 5.11 Å². The fourth-order valence-corrected chi connectivity index (χ4v) is 2.76. The summed E-state index contributed by atoms with van der Waals surface area (Å²) < 4.78 is 5.41. The third-order valence-electron chi connectivity index (χ3n) is 3.94. The highest BCUT2D eigenvalue weighted by atomic mass is 16.5. The number of aromatic hydroxyl groups is 1. The summed E-state index contributed by atoms with van der Waals surface area (Å²) in [5, 5.41) is 13.5. The quantitative estimate of drug-likeness (QED) is 0.882. The van der Waals surface area contributed by atoms with Crippen LogP contribution in [0.15, 0.2) is 28.8 Å². The summed E-state index contributed by atoms with van der Waals surface area (Å²) in [6.07, 6.45) is 4.32. The lowest BCUT2D eigenvalue weighted by atomic mass is 9.86. The van der Waals surface area contributed by atoms with Gasteiger partial charge in [-0.1, -0.05) is 30.1 Å². The Labute approximate surface area is 111 Å². The fourth-order valence-electron chi connectivity index (χ4n) is 2.76. The summed E-state index contributed by atoms with van der Waals surface area (Å²) in [4.78, 5) is 4.48. The molecule has 3 N–H and O–H groups in total. The molecule has 1 aromatic heterocycles. The molecule has 1 aliphatic carbocycles. The highest BCUT2D eigenvalue weighted by Gasteiger charge is 2.39. The Balaban J connectivity index is 1.95. The molecule has 0 bridgehead atoms. The molecule has 0 unspecified atom stereocenters. The zero-order valence-electron chi connectivity index (χ0n) is 10.7. The molecule has 0 aliphatic heterocycles. The molecular weight excluding hydrogens is 242 g/mol. The van der Waals surface area contributed by atoms with Gasteiger partial charge in [-0.3, -0.25) is 0 Å². The summed E-state index contributed by atoms with van der Waals surface area (Å²) in [6, 6.07) is 6.84. The monoisotopic (exact) mass is 259 g/mol. The lowest BCUT2D eigenvalue weighted by Crippen LogP contribution is -2.32. The molecule has 3 rings (SSSR count). The van der Waals surface area contributed by atoms with Gasteiger partial charge in [0.2, 0.25) is 11.7 Å². The van der Waals surface area contributed by atoms with Gasteiger partial charge in [-0.15, -0.1) is 0 Å². The van der Waals surface area contributed by atoms with E-state index in [2.05, 4.69) is 10.1 Å². The van der Waals surface area contributed by atoms with E-state index in [1.54, 1.807) is 18.2 Å².